The molecule has 0 saturated heterocycles. The number of benzene rings is 1. The fraction of sp³-hybridized carbons (Fsp3) is 0.500. The van der Waals surface area contributed by atoms with Crippen molar-refractivity contribution in [3.05, 3.63) is 82.0 Å². The summed E-state index contributed by atoms with van der Waals surface area (Å²) in [5.74, 6) is 0.684. The first-order valence-electron chi connectivity index (χ1n) is 11.0. The van der Waals surface area contributed by atoms with Gasteiger partial charge in [-0.1, -0.05) is 62.3 Å². The summed E-state index contributed by atoms with van der Waals surface area (Å²) >= 11 is 0. The van der Waals surface area contributed by atoms with Gasteiger partial charge in [-0.25, -0.2) is 0 Å². The van der Waals surface area contributed by atoms with E-state index >= 15 is 0 Å². The third-order valence-electron chi connectivity index (χ3n) is 5.51. The maximum Gasteiger partial charge on any atom is -0.0119 e. The highest BCUT2D eigenvalue weighted by Crippen LogP contribution is 2.41. The van der Waals surface area contributed by atoms with Crippen LogP contribution in [0.1, 0.15) is 94.0 Å². The van der Waals surface area contributed by atoms with Gasteiger partial charge in [-0.3, -0.25) is 0 Å². The van der Waals surface area contributed by atoms with Crippen molar-refractivity contribution in [2.24, 2.45) is 0 Å². The molecule has 1 aliphatic rings. The maximum absolute atomic E-state index is 4.17. The van der Waals surface area contributed by atoms with Crippen molar-refractivity contribution in [3.8, 4) is 0 Å². The SMILES string of the molecule is C=CCC1CCc2c(C)c(CC/C(=C/C=C(C)C)C(=C)C)cc(C)c21.CCC. The van der Waals surface area contributed by atoms with E-state index in [0.717, 1.165) is 19.3 Å². The van der Waals surface area contributed by atoms with Crippen LogP contribution in [-0.2, 0) is 12.8 Å². The molecule has 0 heterocycles. The van der Waals surface area contributed by atoms with Gasteiger partial charge >= 0.3 is 0 Å². The third kappa shape index (κ3) is 6.66. The summed E-state index contributed by atoms with van der Waals surface area (Å²) in [6, 6.07) is 2.44. The van der Waals surface area contributed by atoms with E-state index in [0.29, 0.717) is 5.92 Å². The molecule has 0 nitrogen and oxygen atoms in total. The smallest absolute Gasteiger partial charge is 0.0119 e. The molecule has 1 aromatic carbocycles. The van der Waals surface area contributed by atoms with Crippen molar-refractivity contribution in [2.75, 3.05) is 0 Å². The van der Waals surface area contributed by atoms with Crippen LogP contribution in [0.5, 0.6) is 0 Å². The van der Waals surface area contributed by atoms with Crippen LogP contribution in [0.15, 0.2) is 54.2 Å². The predicted octanol–water partition coefficient (Wildman–Crippen LogP) is 8.73. The number of hydrogen-bond acceptors (Lipinski definition) is 0. The van der Waals surface area contributed by atoms with Gasteiger partial charge < -0.3 is 0 Å². The van der Waals surface area contributed by atoms with Gasteiger partial charge in [0.1, 0.15) is 0 Å². The minimum atomic E-state index is 0.684. The minimum Gasteiger partial charge on any atom is -0.103 e. The Kier molecular flexibility index (Phi) is 10.3. The number of rotatable bonds is 7. The van der Waals surface area contributed by atoms with Crippen LogP contribution in [-0.4, -0.2) is 0 Å². The van der Waals surface area contributed by atoms with Gasteiger partial charge in [0.15, 0.2) is 0 Å². The molecule has 0 heteroatoms. The van der Waals surface area contributed by atoms with Gasteiger partial charge in [0.05, 0.1) is 0 Å². The second-order valence-electron chi connectivity index (χ2n) is 8.55. The Morgan fingerprint density at radius 2 is 1.79 bits per heavy atom. The second-order valence-corrected chi connectivity index (χ2v) is 8.55. The van der Waals surface area contributed by atoms with E-state index in [9.17, 15) is 0 Å². The van der Waals surface area contributed by atoms with Crippen LogP contribution in [0.4, 0.5) is 0 Å². The first-order valence-corrected chi connectivity index (χ1v) is 11.0. The highest BCUT2D eigenvalue weighted by Gasteiger charge is 2.26. The number of aryl methyl sites for hydroxylation is 2. The zero-order chi connectivity index (χ0) is 21.3. The van der Waals surface area contributed by atoms with Crippen molar-refractivity contribution in [3.63, 3.8) is 0 Å². The molecular weight excluding hydrogens is 336 g/mol. The molecule has 0 spiro atoms. The van der Waals surface area contributed by atoms with Crippen LogP contribution >= 0.6 is 0 Å². The van der Waals surface area contributed by atoms with E-state index in [1.807, 2.05) is 0 Å². The Hall–Kier alpha value is -1.82. The standard InChI is InChI=1S/C25H34.C3H8/c1-8-9-22-14-15-24-20(7)23(16-19(6)25(22)24)13-12-21(18(4)5)11-10-17(2)3;1-3-2/h8,10-11,16,22H,1,4,9,12-15H2,2-3,5-7H3;3H2,1-2H3/b21-11-;. The normalized spacial score (nSPS) is 15.4. The molecule has 0 fully saturated rings. The van der Waals surface area contributed by atoms with Crippen LogP contribution in [0.2, 0.25) is 0 Å². The molecule has 1 aromatic rings. The van der Waals surface area contributed by atoms with Crippen molar-refractivity contribution < 1.29 is 0 Å². The van der Waals surface area contributed by atoms with Gasteiger partial charge in [-0.15, -0.1) is 6.58 Å². The lowest BCUT2D eigenvalue weighted by Crippen LogP contribution is -2.02. The average molecular weight is 379 g/mol. The lowest BCUT2D eigenvalue weighted by molar-refractivity contribution is 0.687. The van der Waals surface area contributed by atoms with E-state index < -0.39 is 0 Å². The van der Waals surface area contributed by atoms with E-state index in [1.54, 1.807) is 11.1 Å². The van der Waals surface area contributed by atoms with Gasteiger partial charge in [-0.05, 0) is 106 Å². The topological polar surface area (TPSA) is 0 Å². The molecule has 1 aliphatic carbocycles. The molecular formula is C28H42. The van der Waals surface area contributed by atoms with Gasteiger partial charge in [0.25, 0.3) is 0 Å². The maximum atomic E-state index is 4.17. The molecule has 2 rings (SSSR count). The molecule has 0 radical (unpaired) electrons. The highest BCUT2D eigenvalue weighted by molar-refractivity contribution is 5.50. The fourth-order valence-electron chi connectivity index (χ4n) is 4.11. The molecule has 0 aromatic heterocycles. The Labute approximate surface area is 175 Å². The van der Waals surface area contributed by atoms with E-state index in [2.05, 4.69) is 85.9 Å². The van der Waals surface area contributed by atoms with Gasteiger partial charge in [-0.2, -0.15) is 0 Å². The molecule has 0 bridgehead atoms. The molecule has 154 valence electrons. The zero-order valence-corrected chi connectivity index (χ0v) is 19.5. The first-order chi connectivity index (χ1) is 13.3. The van der Waals surface area contributed by atoms with Gasteiger partial charge in [0, 0.05) is 0 Å². The molecule has 0 amide bonds. The summed E-state index contributed by atoms with van der Waals surface area (Å²) in [6.07, 6.45) is 13.6. The first kappa shape index (κ1) is 24.2. The van der Waals surface area contributed by atoms with E-state index in [4.69, 9.17) is 0 Å². The molecule has 28 heavy (non-hydrogen) atoms. The van der Waals surface area contributed by atoms with Crippen LogP contribution in [0, 0.1) is 13.8 Å². The molecule has 1 unspecified atom stereocenters. The zero-order valence-electron chi connectivity index (χ0n) is 19.5. The van der Waals surface area contributed by atoms with Gasteiger partial charge in [0.2, 0.25) is 0 Å². The van der Waals surface area contributed by atoms with E-state index in [-0.39, 0.29) is 0 Å². The van der Waals surface area contributed by atoms with Crippen molar-refractivity contribution >= 4 is 0 Å². The Morgan fingerprint density at radius 3 is 2.32 bits per heavy atom. The third-order valence-corrected chi connectivity index (χ3v) is 5.51. The predicted molar refractivity (Wildman–Crippen MR) is 128 cm³/mol. The molecule has 0 N–H and O–H groups in total. The molecule has 1 atom stereocenters. The second kappa shape index (κ2) is 11.9. The molecule has 0 saturated carbocycles. The Balaban J connectivity index is 0.00000122. The summed E-state index contributed by atoms with van der Waals surface area (Å²) in [5.41, 5.74) is 11.6. The highest BCUT2D eigenvalue weighted by atomic mass is 14.3. The quantitative estimate of drug-likeness (QED) is 0.328. The largest absolute Gasteiger partial charge is 0.103 e. The number of allylic oxidation sites excluding steroid dienone is 6. The van der Waals surface area contributed by atoms with Crippen molar-refractivity contribution in [2.45, 2.75) is 92.9 Å². The average Bonchev–Trinajstić information content (AvgIpc) is 3.04. The summed E-state index contributed by atoms with van der Waals surface area (Å²) in [6.45, 7) is 23.4. The van der Waals surface area contributed by atoms with Crippen LogP contribution in [0.3, 0.4) is 0 Å². The van der Waals surface area contributed by atoms with Crippen LogP contribution < -0.4 is 0 Å². The van der Waals surface area contributed by atoms with Crippen LogP contribution in [0.25, 0.3) is 0 Å². The van der Waals surface area contributed by atoms with E-state index in [1.165, 1.54) is 52.7 Å². The number of fused-ring (bicyclic) bond motifs is 1. The summed E-state index contributed by atoms with van der Waals surface area (Å²) < 4.78 is 0. The summed E-state index contributed by atoms with van der Waals surface area (Å²) in [4.78, 5) is 0. The lowest BCUT2D eigenvalue weighted by Gasteiger charge is -2.18. The Morgan fingerprint density at radius 1 is 1.14 bits per heavy atom. The fourth-order valence-corrected chi connectivity index (χ4v) is 4.11. The molecule has 0 aliphatic heterocycles. The lowest BCUT2D eigenvalue weighted by atomic mass is 9.87. The van der Waals surface area contributed by atoms with Crippen molar-refractivity contribution in [1.29, 1.82) is 0 Å². The summed E-state index contributed by atoms with van der Waals surface area (Å²) in [5, 5.41) is 0. The monoisotopic (exact) mass is 378 g/mol. The minimum absolute atomic E-state index is 0.684. The summed E-state index contributed by atoms with van der Waals surface area (Å²) in [7, 11) is 0. The number of hydrogen-bond donors (Lipinski definition) is 0. The Bertz CT molecular complexity index is 736. The van der Waals surface area contributed by atoms with Crippen molar-refractivity contribution in [1.82, 2.24) is 0 Å².